The normalized spacial score (nSPS) is 26.4. The van der Waals surface area contributed by atoms with Gasteiger partial charge in [-0.05, 0) is 12.1 Å². The lowest BCUT2D eigenvalue weighted by Crippen LogP contribution is -2.17. The van der Waals surface area contributed by atoms with Gasteiger partial charge in [-0.3, -0.25) is 0 Å². The fourth-order valence-electron chi connectivity index (χ4n) is 1.97. The van der Waals surface area contributed by atoms with E-state index < -0.39 is 0 Å². The first-order valence-electron chi connectivity index (χ1n) is 5.52. The van der Waals surface area contributed by atoms with Crippen molar-refractivity contribution in [3.63, 3.8) is 0 Å². The Kier molecular flexibility index (Phi) is 2.88. The smallest absolute Gasteiger partial charge is 0.230 e. The molecule has 2 aliphatic heterocycles. The molecule has 0 spiro atoms. The quantitative estimate of drug-likeness (QED) is 0.798. The second kappa shape index (κ2) is 4.52. The predicted molar refractivity (Wildman–Crippen MR) is 58.0 cm³/mol. The lowest BCUT2D eigenvalue weighted by molar-refractivity contribution is -0.0728. The highest BCUT2D eigenvalue weighted by Crippen LogP contribution is 2.37. The summed E-state index contributed by atoms with van der Waals surface area (Å²) in [6.45, 7) is 1.31. The average Bonchev–Trinajstić information content (AvgIpc) is 2.79. The van der Waals surface area contributed by atoms with Gasteiger partial charge in [-0.25, -0.2) is 0 Å². The molecular weight excluding hydrogens is 224 g/mol. The van der Waals surface area contributed by atoms with Gasteiger partial charge in [0, 0.05) is 13.2 Å². The third-order valence-corrected chi connectivity index (χ3v) is 2.78. The van der Waals surface area contributed by atoms with Crippen LogP contribution < -0.4 is 9.47 Å². The Bertz CT molecular complexity index is 406. The molecule has 2 bridgehead atoms. The van der Waals surface area contributed by atoms with Crippen molar-refractivity contribution in [3.8, 4) is 11.5 Å². The molecule has 0 N–H and O–H groups in total. The van der Waals surface area contributed by atoms with E-state index in [0.717, 1.165) is 17.1 Å². The van der Waals surface area contributed by atoms with Crippen molar-refractivity contribution in [2.24, 2.45) is 0 Å². The monoisotopic (exact) mass is 238 g/mol. The molecule has 5 heteroatoms. The first-order valence-corrected chi connectivity index (χ1v) is 5.52. The van der Waals surface area contributed by atoms with Crippen LogP contribution in [0, 0.1) is 0 Å². The number of hydrogen-bond acceptors (Lipinski definition) is 5. The average molecular weight is 238 g/mol. The van der Waals surface area contributed by atoms with E-state index in [1.54, 1.807) is 7.11 Å². The van der Waals surface area contributed by atoms with Crippen molar-refractivity contribution in [1.82, 2.24) is 0 Å². The fraction of sp³-hybridized carbons (Fsp3) is 0.500. The molecular formula is C12H14O5. The second-order valence-electron chi connectivity index (χ2n) is 3.98. The first-order chi connectivity index (χ1) is 8.36. The molecule has 0 radical (unpaired) electrons. The Morgan fingerprint density at radius 1 is 1.35 bits per heavy atom. The molecule has 1 aromatic carbocycles. The molecule has 2 aliphatic rings. The molecule has 0 aromatic heterocycles. The summed E-state index contributed by atoms with van der Waals surface area (Å²) in [5.41, 5.74) is 0.899. The van der Waals surface area contributed by atoms with Crippen LogP contribution in [0.4, 0.5) is 0 Å². The van der Waals surface area contributed by atoms with Crippen LogP contribution in [0.5, 0.6) is 11.5 Å². The van der Waals surface area contributed by atoms with Crippen molar-refractivity contribution in [2.45, 2.75) is 12.4 Å². The highest BCUT2D eigenvalue weighted by Gasteiger charge is 2.30. The molecule has 0 amide bonds. The Balaban J connectivity index is 1.77. The van der Waals surface area contributed by atoms with E-state index in [9.17, 15) is 0 Å². The minimum atomic E-state index is -0.378. The Labute approximate surface area is 99.2 Å². The molecule has 5 nitrogen and oxygen atoms in total. The van der Waals surface area contributed by atoms with Gasteiger partial charge >= 0.3 is 0 Å². The van der Waals surface area contributed by atoms with E-state index >= 15 is 0 Å². The van der Waals surface area contributed by atoms with Gasteiger partial charge in [-0.2, -0.15) is 0 Å². The molecule has 17 heavy (non-hydrogen) atoms. The van der Waals surface area contributed by atoms with E-state index in [4.69, 9.17) is 23.7 Å². The van der Waals surface area contributed by atoms with Crippen LogP contribution >= 0.6 is 0 Å². The van der Waals surface area contributed by atoms with Gasteiger partial charge < -0.3 is 23.7 Å². The van der Waals surface area contributed by atoms with Gasteiger partial charge in [0.05, 0.1) is 18.8 Å². The van der Waals surface area contributed by atoms with Crippen LogP contribution in [0.3, 0.4) is 0 Å². The fourth-order valence-corrected chi connectivity index (χ4v) is 1.97. The summed E-state index contributed by atoms with van der Waals surface area (Å²) in [5.74, 6) is 1.57. The Hall–Kier alpha value is -1.30. The number of ether oxygens (including phenoxy) is 5. The van der Waals surface area contributed by atoms with Gasteiger partial charge in [-0.1, -0.05) is 0 Å². The topological polar surface area (TPSA) is 46.2 Å². The summed E-state index contributed by atoms with van der Waals surface area (Å²) in [5, 5.41) is 0. The minimum Gasteiger partial charge on any atom is -0.457 e. The van der Waals surface area contributed by atoms with Crippen LogP contribution in [-0.2, 0) is 14.2 Å². The Morgan fingerprint density at radius 3 is 3.18 bits per heavy atom. The zero-order valence-electron chi connectivity index (χ0n) is 9.55. The lowest BCUT2D eigenvalue weighted by atomic mass is 10.2. The zero-order chi connectivity index (χ0) is 11.7. The van der Waals surface area contributed by atoms with Crippen LogP contribution in [0.1, 0.15) is 11.9 Å². The minimum absolute atomic E-state index is 0.0169. The van der Waals surface area contributed by atoms with Gasteiger partial charge in [0.1, 0.15) is 17.6 Å². The number of benzene rings is 1. The molecule has 92 valence electrons. The third kappa shape index (κ3) is 2.09. The molecule has 2 atom stereocenters. The molecule has 1 saturated heterocycles. The summed E-state index contributed by atoms with van der Waals surface area (Å²) in [4.78, 5) is 0. The second-order valence-corrected chi connectivity index (χ2v) is 3.98. The Morgan fingerprint density at radius 2 is 2.29 bits per heavy atom. The summed E-state index contributed by atoms with van der Waals surface area (Å²) in [7, 11) is 1.65. The maximum Gasteiger partial charge on any atom is 0.230 e. The summed E-state index contributed by atoms with van der Waals surface area (Å²) < 4.78 is 27.0. The highest BCUT2D eigenvalue weighted by molar-refractivity contribution is 5.42. The molecule has 2 unspecified atom stereocenters. The SMILES string of the molecule is COCC1COC(c2ccc3cc2OCO3)O1. The number of hydrogen-bond donors (Lipinski definition) is 0. The van der Waals surface area contributed by atoms with Crippen LogP contribution in [0.15, 0.2) is 18.2 Å². The molecule has 1 aromatic rings. The van der Waals surface area contributed by atoms with Gasteiger partial charge in [0.25, 0.3) is 0 Å². The van der Waals surface area contributed by atoms with E-state index in [0.29, 0.717) is 13.2 Å². The van der Waals surface area contributed by atoms with E-state index in [2.05, 4.69) is 0 Å². The van der Waals surface area contributed by atoms with Gasteiger partial charge in [-0.15, -0.1) is 0 Å². The maximum atomic E-state index is 5.73. The first kappa shape index (κ1) is 10.8. The third-order valence-electron chi connectivity index (χ3n) is 2.78. The van der Waals surface area contributed by atoms with Crippen LogP contribution in [0.2, 0.25) is 0 Å². The number of rotatable bonds is 3. The van der Waals surface area contributed by atoms with Crippen LogP contribution in [0.25, 0.3) is 0 Å². The zero-order valence-corrected chi connectivity index (χ0v) is 9.55. The van der Waals surface area contributed by atoms with Crippen LogP contribution in [-0.4, -0.2) is 33.2 Å². The number of methoxy groups -OCH3 is 1. The highest BCUT2D eigenvalue weighted by atomic mass is 16.7. The largest absolute Gasteiger partial charge is 0.457 e. The summed E-state index contributed by atoms with van der Waals surface area (Å²) >= 11 is 0. The number of fused-ring (bicyclic) bond motifs is 2. The van der Waals surface area contributed by atoms with E-state index in [1.165, 1.54) is 0 Å². The molecule has 0 aliphatic carbocycles. The van der Waals surface area contributed by atoms with E-state index in [-0.39, 0.29) is 19.2 Å². The predicted octanol–water partition coefficient (Wildman–Crippen LogP) is 1.48. The van der Waals surface area contributed by atoms with Crippen molar-refractivity contribution in [3.05, 3.63) is 23.8 Å². The van der Waals surface area contributed by atoms with E-state index in [1.807, 2.05) is 18.2 Å². The summed E-state index contributed by atoms with van der Waals surface area (Å²) in [6, 6.07) is 5.64. The molecule has 1 fully saturated rings. The van der Waals surface area contributed by atoms with Crippen molar-refractivity contribution in [2.75, 3.05) is 27.1 Å². The van der Waals surface area contributed by atoms with Crippen molar-refractivity contribution < 1.29 is 23.7 Å². The maximum absolute atomic E-state index is 5.73. The molecule has 2 heterocycles. The molecule has 3 rings (SSSR count). The van der Waals surface area contributed by atoms with Gasteiger partial charge in [0.2, 0.25) is 6.79 Å². The molecule has 0 saturated carbocycles. The standard InChI is InChI=1S/C12H14O5/c1-13-5-9-6-14-12(17-9)10-3-2-8-4-11(10)16-7-15-8/h2-4,9,12H,5-7H2,1H3. The van der Waals surface area contributed by atoms with Crippen molar-refractivity contribution in [1.29, 1.82) is 0 Å². The van der Waals surface area contributed by atoms with Crippen molar-refractivity contribution >= 4 is 0 Å². The lowest BCUT2D eigenvalue weighted by Gasteiger charge is -2.21. The van der Waals surface area contributed by atoms with Gasteiger partial charge in [0.15, 0.2) is 6.29 Å². The summed E-state index contributed by atoms with van der Waals surface area (Å²) in [6.07, 6.45) is -0.394.